The summed E-state index contributed by atoms with van der Waals surface area (Å²) in [6.07, 6.45) is 2.91. The summed E-state index contributed by atoms with van der Waals surface area (Å²) in [7, 11) is 0. The zero-order chi connectivity index (χ0) is 14.4. The average molecular weight is 290 g/mol. The first-order valence-electron chi connectivity index (χ1n) is 6.92. The SMILES string of the molecule is CCCn1nccc1C(CSc1cccc(C)c1)NN. The molecule has 2 aromatic rings. The molecule has 0 saturated heterocycles. The monoisotopic (exact) mass is 290 g/mol. The Morgan fingerprint density at radius 2 is 2.25 bits per heavy atom. The number of aromatic nitrogens is 2. The predicted molar refractivity (Wildman–Crippen MR) is 84.5 cm³/mol. The van der Waals surface area contributed by atoms with Gasteiger partial charge < -0.3 is 0 Å². The molecule has 0 aliphatic rings. The second-order valence-corrected chi connectivity index (χ2v) is 5.92. The summed E-state index contributed by atoms with van der Waals surface area (Å²) < 4.78 is 2.03. The minimum absolute atomic E-state index is 0.106. The van der Waals surface area contributed by atoms with Crippen LogP contribution in [0.3, 0.4) is 0 Å². The van der Waals surface area contributed by atoms with Crippen molar-refractivity contribution in [3.8, 4) is 0 Å². The lowest BCUT2D eigenvalue weighted by molar-refractivity contribution is 0.508. The zero-order valence-corrected chi connectivity index (χ0v) is 12.9. The van der Waals surface area contributed by atoms with Crippen molar-refractivity contribution in [1.29, 1.82) is 0 Å². The second kappa shape index (κ2) is 7.47. The van der Waals surface area contributed by atoms with Crippen LogP contribution in [0.1, 0.15) is 30.6 Å². The molecule has 4 nitrogen and oxygen atoms in total. The van der Waals surface area contributed by atoms with Crippen LogP contribution >= 0.6 is 11.8 Å². The number of nitrogens with two attached hydrogens (primary N) is 1. The second-order valence-electron chi connectivity index (χ2n) is 4.83. The van der Waals surface area contributed by atoms with Crippen LogP contribution in [0.5, 0.6) is 0 Å². The van der Waals surface area contributed by atoms with Crippen LogP contribution in [0, 0.1) is 6.92 Å². The third-order valence-electron chi connectivity index (χ3n) is 3.15. The number of benzene rings is 1. The van der Waals surface area contributed by atoms with Crippen LogP contribution in [-0.2, 0) is 6.54 Å². The maximum atomic E-state index is 5.72. The smallest absolute Gasteiger partial charge is 0.0722 e. The lowest BCUT2D eigenvalue weighted by atomic mass is 10.2. The number of thioether (sulfide) groups is 1. The van der Waals surface area contributed by atoms with E-state index in [4.69, 9.17) is 5.84 Å². The molecule has 1 heterocycles. The minimum atomic E-state index is 0.106. The lowest BCUT2D eigenvalue weighted by Gasteiger charge is -2.17. The highest BCUT2D eigenvalue weighted by Gasteiger charge is 2.14. The molecule has 0 aliphatic carbocycles. The molecule has 1 aromatic heterocycles. The number of nitrogens with zero attached hydrogens (tertiary/aromatic N) is 2. The highest BCUT2D eigenvalue weighted by molar-refractivity contribution is 7.99. The number of aryl methyl sites for hydroxylation is 2. The molecule has 20 heavy (non-hydrogen) atoms. The van der Waals surface area contributed by atoms with Gasteiger partial charge in [0.15, 0.2) is 0 Å². The summed E-state index contributed by atoms with van der Waals surface area (Å²) in [5, 5.41) is 4.36. The summed E-state index contributed by atoms with van der Waals surface area (Å²) >= 11 is 1.81. The van der Waals surface area contributed by atoms with Gasteiger partial charge in [-0.25, -0.2) is 0 Å². The maximum absolute atomic E-state index is 5.72. The van der Waals surface area contributed by atoms with Crippen LogP contribution in [-0.4, -0.2) is 15.5 Å². The Morgan fingerprint density at radius 1 is 1.40 bits per heavy atom. The molecular formula is C15H22N4S. The number of hydrazine groups is 1. The summed E-state index contributed by atoms with van der Waals surface area (Å²) in [5.41, 5.74) is 5.33. The molecule has 3 N–H and O–H groups in total. The van der Waals surface area contributed by atoms with Gasteiger partial charge in [-0.15, -0.1) is 11.8 Å². The van der Waals surface area contributed by atoms with Crippen LogP contribution < -0.4 is 11.3 Å². The third-order valence-corrected chi connectivity index (χ3v) is 4.24. The van der Waals surface area contributed by atoms with E-state index in [1.165, 1.54) is 10.5 Å². The van der Waals surface area contributed by atoms with Crippen LogP contribution in [0.25, 0.3) is 0 Å². The molecule has 0 saturated carbocycles. The van der Waals surface area contributed by atoms with Gasteiger partial charge in [-0.3, -0.25) is 16.0 Å². The van der Waals surface area contributed by atoms with Crippen molar-refractivity contribution < 1.29 is 0 Å². The van der Waals surface area contributed by atoms with Crippen molar-refractivity contribution in [2.24, 2.45) is 5.84 Å². The summed E-state index contributed by atoms with van der Waals surface area (Å²) in [6, 6.07) is 10.7. The third kappa shape index (κ3) is 3.85. The van der Waals surface area contributed by atoms with Crippen LogP contribution in [0.2, 0.25) is 0 Å². The fourth-order valence-corrected chi connectivity index (χ4v) is 3.21. The summed E-state index contributed by atoms with van der Waals surface area (Å²) in [5.74, 6) is 6.60. The first-order chi connectivity index (χ1) is 9.74. The van der Waals surface area contributed by atoms with E-state index in [2.05, 4.69) is 48.6 Å². The van der Waals surface area contributed by atoms with Crippen molar-refractivity contribution in [3.63, 3.8) is 0 Å². The molecule has 0 radical (unpaired) electrons. The average Bonchev–Trinajstić information content (AvgIpc) is 2.89. The Balaban J connectivity index is 2.03. The molecule has 0 fully saturated rings. The van der Waals surface area contributed by atoms with Crippen LogP contribution in [0.4, 0.5) is 0 Å². The molecule has 108 valence electrons. The van der Waals surface area contributed by atoms with E-state index in [-0.39, 0.29) is 6.04 Å². The predicted octanol–water partition coefficient (Wildman–Crippen LogP) is 2.90. The molecule has 1 unspecified atom stereocenters. The van der Waals surface area contributed by atoms with E-state index in [0.717, 1.165) is 24.4 Å². The molecule has 2 rings (SSSR count). The maximum Gasteiger partial charge on any atom is 0.0722 e. The molecule has 0 aliphatic heterocycles. The minimum Gasteiger partial charge on any atom is -0.271 e. The molecule has 1 aromatic carbocycles. The van der Waals surface area contributed by atoms with E-state index in [9.17, 15) is 0 Å². The Hall–Kier alpha value is -1.30. The number of hydrogen-bond acceptors (Lipinski definition) is 4. The van der Waals surface area contributed by atoms with Gasteiger partial charge in [0.05, 0.1) is 11.7 Å². The van der Waals surface area contributed by atoms with Gasteiger partial charge in [-0.2, -0.15) is 5.10 Å². The van der Waals surface area contributed by atoms with Gasteiger partial charge in [0.2, 0.25) is 0 Å². The van der Waals surface area contributed by atoms with Gasteiger partial charge >= 0.3 is 0 Å². The quantitative estimate of drug-likeness (QED) is 0.468. The number of nitrogens with one attached hydrogen (secondary N) is 1. The fraction of sp³-hybridized carbons (Fsp3) is 0.400. The van der Waals surface area contributed by atoms with Gasteiger partial charge in [-0.05, 0) is 31.5 Å². The molecule has 5 heteroatoms. The van der Waals surface area contributed by atoms with Gasteiger partial charge in [-0.1, -0.05) is 24.6 Å². The van der Waals surface area contributed by atoms with E-state index in [1.807, 2.05) is 28.7 Å². The molecule has 0 bridgehead atoms. The zero-order valence-electron chi connectivity index (χ0n) is 12.0. The summed E-state index contributed by atoms with van der Waals surface area (Å²) in [4.78, 5) is 1.27. The van der Waals surface area contributed by atoms with Crippen molar-refractivity contribution in [2.75, 3.05) is 5.75 Å². The lowest BCUT2D eigenvalue weighted by Crippen LogP contribution is -2.31. The Bertz CT molecular complexity index is 538. The van der Waals surface area contributed by atoms with Crippen molar-refractivity contribution >= 4 is 11.8 Å². The highest BCUT2D eigenvalue weighted by atomic mass is 32.2. The molecule has 0 amide bonds. The first kappa shape index (κ1) is 15.1. The summed E-state index contributed by atoms with van der Waals surface area (Å²) in [6.45, 7) is 5.19. The van der Waals surface area contributed by atoms with Gasteiger partial charge in [0.1, 0.15) is 0 Å². The topological polar surface area (TPSA) is 55.9 Å². The first-order valence-corrected chi connectivity index (χ1v) is 7.90. The normalized spacial score (nSPS) is 12.6. The molecule has 0 spiro atoms. The van der Waals surface area contributed by atoms with Crippen molar-refractivity contribution in [3.05, 3.63) is 47.8 Å². The highest BCUT2D eigenvalue weighted by Crippen LogP contribution is 2.25. The van der Waals surface area contributed by atoms with Crippen molar-refractivity contribution in [2.45, 2.75) is 37.8 Å². The van der Waals surface area contributed by atoms with Gasteiger partial charge in [0, 0.05) is 23.4 Å². The number of hydrogen-bond donors (Lipinski definition) is 2. The van der Waals surface area contributed by atoms with Gasteiger partial charge in [0.25, 0.3) is 0 Å². The Labute approximate surface area is 124 Å². The molecule has 1 atom stereocenters. The Kier molecular flexibility index (Phi) is 5.64. The van der Waals surface area contributed by atoms with Crippen molar-refractivity contribution in [1.82, 2.24) is 15.2 Å². The largest absolute Gasteiger partial charge is 0.271 e. The molecular weight excluding hydrogens is 268 g/mol. The van der Waals surface area contributed by atoms with E-state index in [0.29, 0.717) is 0 Å². The number of rotatable bonds is 7. The fourth-order valence-electron chi connectivity index (χ4n) is 2.14. The van der Waals surface area contributed by atoms with E-state index >= 15 is 0 Å². The van der Waals surface area contributed by atoms with E-state index in [1.54, 1.807) is 0 Å². The standard InChI is InChI=1S/C15H22N4S/c1-3-9-19-15(7-8-17-19)14(18-16)11-20-13-6-4-5-12(2)10-13/h4-8,10,14,18H,3,9,11,16H2,1-2H3. The van der Waals surface area contributed by atoms with Crippen LogP contribution in [0.15, 0.2) is 41.4 Å². The Morgan fingerprint density at radius 3 is 2.95 bits per heavy atom. The van der Waals surface area contributed by atoms with E-state index < -0.39 is 0 Å².